The summed E-state index contributed by atoms with van der Waals surface area (Å²) in [5.41, 5.74) is 17.5. The van der Waals surface area contributed by atoms with E-state index in [1.165, 1.54) is 11.4 Å². The lowest BCUT2D eigenvalue weighted by Gasteiger charge is -2.26. The van der Waals surface area contributed by atoms with Crippen molar-refractivity contribution in [1.82, 2.24) is 5.32 Å². The first-order chi connectivity index (χ1) is 33.1. The maximum absolute atomic E-state index is 10.6. The van der Waals surface area contributed by atoms with Gasteiger partial charge in [-0.2, -0.15) is 5.26 Å². The van der Waals surface area contributed by atoms with E-state index in [4.69, 9.17) is 9.98 Å². The maximum atomic E-state index is 10.6. The monoisotopic (exact) mass is 862 g/mol. The van der Waals surface area contributed by atoms with E-state index < -0.39 is 6.17 Å². The van der Waals surface area contributed by atoms with Gasteiger partial charge in [-0.05, 0) is 117 Å². The molecule has 0 saturated carbocycles. The van der Waals surface area contributed by atoms with Gasteiger partial charge in [0.25, 0.3) is 0 Å². The molecule has 2 atom stereocenters. The molecule has 320 valence electrons. The molecule has 6 heteroatoms. The number of benzene rings is 9. The summed E-state index contributed by atoms with van der Waals surface area (Å²) in [5.74, 6) is 1.35. The van der Waals surface area contributed by atoms with Gasteiger partial charge in [0, 0.05) is 22.4 Å². The molecule has 2 aliphatic heterocycles. The van der Waals surface area contributed by atoms with Crippen molar-refractivity contribution in [2.24, 2.45) is 9.98 Å². The highest BCUT2D eigenvalue weighted by atomic mass is 15.3. The number of nitriles is 1. The third kappa shape index (κ3) is 8.16. The summed E-state index contributed by atoms with van der Waals surface area (Å²) in [4.78, 5) is 12.9. The Kier molecular flexibility index (Phi) is 11.0. The van der Waals surface area contributed by atoms with Crippen LogP contribution in [0, 0.1) is 11.3 Å². The zero-order valence-electron chi connectivity index (χ0n) is 37.0. The van der Waals surface area contributed by atoms with Gasteiger partial charge in [0.15, 0.2) is 5.84 Å². The molecule has 2 N–H and O–H groups in total. The van der Waals surface area contributed by atoms with E-state index >= 15 is 0 Å². The van der Waals surface area contributed by atoms with Gasteiger partial charge in [-0.25, -0.2) is 9.98 Å². The largest absolute Gasteiger partial charge is 0.363 e. The number of para-hydroxylation sites is 2. The molecule has 0 aliphatic carbocycles. The maximum Gasteiger partial charge on any atom is 0.159 e. The van der Waals surface area contributed by atoms with Crippen molar-refractivity contribution in [2.45, 2.75) is 25.7 Å². The highest BCUT2D eigenvalue weighted by molar-refractivity contribution is 6.13. The number of hydrogen-bond donors (Lipinski definition) is 2. The second-order valence-electron chi connectivity index (χ2n) is 16.9. The molecular weight excluding hydrogens is 817 g/mol. The molecule has 2 unspecified atom stereocenters. The molecule has 9 aromatic carbocycles. The number of aliphatic imine (C=N–C) groups is 2. The van der Waals surface area contributed by atoms with Crippen LogP contribution in [0.1, 0.15) is 41.8 Å². The smallest absolute Gasteiger partial charge is 0.159 e. The number of rotatable bonds is 10. The van der Waals surface area contributed by atoms with Crippen LogP contribution in [0.4, 0.5) is 17.1 Å². The van der Waals surface area contributed by atoms with E-state index in [9.17, 15) is 5.26 Å². The molecular formula is C61H46N6. The Morgan fingerprint density at radius 2 is 1.03 bits per heavy atom. The van der Waals surface area contributed by atoms with Crippen LogP contribution < -0.4 is 15.5 Å². The SMILES string of the molecule is CCC1Nc2ccccc2N1c1ccc(-c2ccc(-c3cccc(C#N)c3-c3cccc(C4=NC(c5cc(-c6ccccc6)cc(-c6ccccc6)c5)NC(c5ccccc5)=N4)c3)cc2)cc1. The lowest BCUT2D eigenvalue weighted by atomic mass is 9.89. The van der Waals surface area contributed by atoms with Gasteiger partial charge < -0.3 is 15.5 Å². The molecule has 6 nitrogen and oxygen atoms in total. The second kappa shape index (κ2) is 18.0. The van der Waals surface area contributed by atoms with E-state index in [1.54, 1.807) is 0 Å². The Morgan fingerprint density at radius 3 is 1.69 bits per heavy atom. The zero-order chi connectivity index (χ0) is 45.1. The lowest BCUT2D eigenvalue weighted by Crippen LogP contribution is -2.33. The van der Waals surface area contributed by atoms with Crippen molar-refractivity contribution in [3.05, 3.63) is 247 Å². The van der Waals surface area contributed by atoms with Gasteiger partial charge in [0.05, 0.1) is 23.0 Å². The molecule has 67 heavy (non-hydrogen) atoms. The van der Waals surface area contributed by atoms with E-state index in [0.29, 0.717) is 11.4 Å². The van der Waals surface area contributed by atoms with E-state index in [0.717, 1.165) is 90.3 Å². The van der Waals surface area contributed by atoms with Crippen molar-refractivity contribution in [2.75, 3.05) is 10.2 Å². The summed E-state index contributed by atoms with van der Waals surface area (Å²) in [6.45, 7) is 2.21. The highest BCUT2D eigenvalue weighted by Crippen LogP contribution is 2.42. The normalized spacial score (nSPS) is 15.1. The molecule has 9 aromatic rings. The number of nitrogens with zero attached hydrogens (tertiary/aromatic N) is 4. The second-order valence-corrected chi connectivity index (χ2v) is 16.9. The van der Waals surface area contributed by atoms with Crippen LogP contribution >= 0.6 is 0 Å². The van der Waals surface area contributed by atoms with E-state index in [-0.39, 0.29) is 6.17 Å². The molecule has 0 spiro atoms. The Balaban J connectivity index is 0.946. The summed E-state index contributed by atoms with van der Waals surface area (Å²) >= 11 is 0. The predicted octanol–water partition coefficient (Wildman–Crippen LogP) is 14.7. The summed E-state index contributed by atoms with van der Waals surface area (Å²) in [7, 11) is 0. The van der Waals surface area contributed by atoms with Crippen molar-refractivity contribution in [1.29, 1.82) is 5.26 Å². The summed E-state index contributed by atoms with van der Waals surface area (Å²) in [6.07, 6.45) is 0.757. The first-order valence-corrected chi connectivity index (χ1v) is 22.8. The van der Waals surface area contributed by atoms with Gasteiger partial charge in [0.1, 0.15) is 18.2 Å². The molecule has 0 amide bonds. The average Bonchev–Trinajstić information content (AvgIpc) is 3.80. The van der Waals surface area contributed by atoms with E-state index in [1.807, 2.05) is 48.5 Å². The number of fused-ring (bicyclic) bond motifs is 1. The fourth-order valence-electron chi connectivity index (χ4n) is 9.38. The van der Waals surface area contributed by atoms with Gasteiger partial charge in [0.2, 0.25) is 0 Å². The van der Waals surface area contributed by atoms with Gasteiger partial charge >= 0.3 is 0 Å². The Labute approximate surface area is 391 Å². The standard InChI is InChI=1S/C61H46N6/c1-2-57-63-55-26-12-13-27-56(55)67(57)53-34-32-44(33-35-53)43-28-30-45(31-29-43)54-25-15-24-49(40-62)58(54)47-22-14-23-48(36-47)60-64-59(46-20-10-5-11-21-46)65-61(66-60)52-38-50(41-16-6-3-7-17-41)37-51(39-52)42-18-8-4-9-19-42/h3-39,57,61,63H,2H2,1H3,(H,64,65,66). The quantitative estimate of drug-likeness (QED) is 0.144. The third-order valence-corrected chi connectivity index (χ3v) is 12.7. The van der Waals surface area contributed by atoms with Crippen molar-refractivity contribution < 1.29 is 0 Å². The molecule has 0 aromatic heterocycles. The Bertz CT molecular complexity index is 3280. The Morgan fingerprint density at radius 1 is 0.493 bits per heavy atom. The molecule has 2 heterocycles. The summed E-state index contributed by atoms with van der Waals surface area (Å²) in [5, 5.41) is 17.9. The first-order valence-electron chi connectivity index (χ1n) is 22.8. The van der Waals surface area contributed by atoms with Crippen LogP contribution in [0.5, 0.6) is 0 Å². The van der Waals surface area contributed by atoms with Crippen LogP contribution in [0.3, 0.4) is 0 Å². The molecule has 11 rings (SSSR count). The number of hydrogen-bond acceptors (Lipinski definition) is 6. The number of nitrogens with one attached hydrogen (secondary N) is 2. The fourth-order valence-corrected chi connectivity index (χ4v) is 9.38. The number of anilines is 3. The van der Waals surface area contributed by atoms with Gasteiger partial charge in [-0.3, -0.25) is 0 Å². The molecule has 2 aliphatic rings. The molecule has 0 bridgehead atoms. The van der Waals surface area contributed by atoms with Crippen molar-refractivity contribution in [3.63, 3.8) is 0 Å². The van der Waals surface area contributed by atoms with Crippen LogP contribution in [0.2, 0.25) is 0 Å². The van der Waals surface area contributed by atoms with Crippen LogP contribution in [0.25, 0.3) is 55.6 Å². The minimum absolute atomic E-state index is 0.211. The average molecular weight is 863 g/mol. The van der Waals surface area contributed by atoms with Crippen molar-refractivity contribution in [3.8, 4) is 61.7 Å². The molecule has 0 radical (unpaired) electrons. The topological polar surface area (TPSA) is 75.8 Å². The lowest BCUT2D eigenvalue weighted by molar-refractivity contribution is 0.674. The highest BCUT2D eigenvalue weighted by Gasteiger charge is 2.28. The summed E-state index contributed by atoms with van der Waals surface area (Å²) in [6, 6.07) is 80.6. The fraction of sp³-hybridized carbons (Fsp3) is 0.0656. The van der Waals surface area contributed by atoms with Crippen molar-refractivity contribution >= 4 is 28.7 Å². The number of amidine groups is 2. The van der Waals surface area contributed by atoms with Gasteiger partial charge in [-0.15, -0.1) is 0 Å². The minimum Gasteiger partial charge on any atom is -0.363 e. The third-order valence-electron chi connectivity index (χ3n) is 12.7. The van der Waals surface area contributed by atoms with Crippen LogP contribution in [0.15, 0.2) is 234 Å². The Hall–Kier alpha value is -8.79. The van der Waals surface area contributed by atoms with E-state index in [2.05, 4.69) is 204 Å². The summed E-state index contributed by atoms with van der Waals surface area (Å²) < 4.78 is 0. The minimum atomic E-state index is -0.434. The first kappa shape index (κ1) is 40.9. The van der Waals surface area contributed by atoms with Gasteiger partial charge in [-0.1, -0.05) is 177 Å². The predicted molar refractivity (Wildman–Crippen MR) is 276 cm³/mol. The zero-order valence-corrected chi connectivity index (χ0v) is 37.0. The molecule has 0 saturated heterocycles. The van der Waals surface area contributed by atoms with Crippen LogP contribution in [-0.2, 0) is 0 Å². The van der Waals surface area contributed by atoms with Crippen LogP contribution in [-0.4, -0.2) is 17.8 Å². The molecule has 0 fully saturated rings.